The Hall–Kier alpha value is -3.29. The molecule has 1 amide bonds. The summed E-state index contributed by atoms with van der Waals surface area (Å²) in [6.45, 7) is 2.13. The molecule has 166 valence electrons. The van der Waals surface area contributed by atoms with Crippen LogP contribution in [0, 0.1) is 23.5 Å². The number of amides is 1. The Morgan fingerprint density at radius 3 is 2.62 bits per heavy atom. The monoisotopic (exact) mass is 438 g/mol. The molecule has 32 heavy (non-hydrogen) atoms. The van der Waals surface area contributed by atoms with Crippen molar-refractivity contribution in [3.8, 4) is 28.3 Å². The summed E-state index contributed by atoms with van der Waals surface area (Å²) in [5.74, 6) is 0.461. The molecule has 1 saturated carbocycles. The van der Waals surface area contributed by atoms with Crippen molar-refractivity contribution in [1.29, 1.82) is 0 Å². The predicted octanol–water partition coefficient (Wildman–Crippen LogP) is 4.16. The van der Waals surface area contributed by atoms with E-state index in [-0.39, 0.29) is 17.6 Å². The molecule has 2 heterocycles. The van der Waals surface area contributed by atoms with Crippen LogP contribution in [-0.4, -0.2) is 45.8 Å². The van der Waals surface area contributed by atoms with Crippen LogP contribution in [-0.2, 0) is 11.3 Å². The summed E-state index contributed by atoms with van der Waals surface area (Å²) in [4.78, 5) is 14.3. The molecule has 0 radical (unpaired) electrons. The average molecular weight is 438 g/mol. The van der Waals surface area contributed by atoms with Crippen molar-refractivity contribution in [1.82, 2.24) is 19.7 Å². The molecule has 1 unspecified atom stereocenters. The molecular formula is C24H24F2N4O2. The van der Waals surface area contributed by atoms with Gasteiger partial charge in [-0.3, -0.25) is 4.79 Å². The van der Waals surface area contributed by atoms with Crippen LogP contribution in [0.5, 0.6) is 5.75 Å². The highest BCUT2D eigenvalue weighted by molar-refractivity contribution is 5.81. The van der Waals surface area contributed by atoms with Gasteiger partial charge in [-0.1, -0.05) is 12.1 Å². The molecule has 5 rings (SSSR count). The van der Waals surface area contributed by atoms with Gasteiger partial charge in [0.25, 0.3) is 0 Å². The minimum atomic E-state index is -0.467. The largest absolute Gasteiger partial charge is 0.494 e. The first-order valence-electron chi connectivity index (χ1n) is 10.8. The van der Waals surface area contributed by atoms with E-state index in [1.807, 2.05) is 9.47 Å². The summed E-state index contributed by atoms with van der Waals surface area (Å²) in [7, 11) is 1.39. The van der Waals surface area contributed by atoms with Gasteiger partial charge in [0.1, 0.15) is 12.1 Å². The van der Waals surface area contributed by atoms with Crippen molar-refractivity contribution >= 4 is 5.91 Å². The molecule has 3 aromatic rings. The highest BCUT2D eigenvalue weighted by atomic mass is 19.1. The summed E-state index contributed by atoms with van der Waals surface area (Å²) in [5.41, 5.74) is 1.62. The van der Waals surface area contributed by atoms with Crippen LogP contribution in [0.1, 0.15) is 19.3 Å². The fourth-order valence-electron chi connectivity index (χ4n) is 4.36. The highest BCUT2D eigenvalue weighted by Gasteiger charge is 2.36. The number of likely N-dealkylation sites (tertiary alicyclic amines) is 1. The second-order valence-electron chi connectivity index (χ2n) is 8.56. The van der Waals surface area contributed by atoms with Crippen LogP contribution in [0.25, 0.3) is 22.5 Å². The highest BCUT2D eigenvalue weighted by Crippen LogP contribution is 2.34. The summed E-state index contributed by atoms with van der Waals surface area (Å²) >= 11 is 0. The molecule has 2 aliphatic rings. The molecule has 1 aliphatic carbocycles. The Bertz CT molecular complexity index is 1160. The zero-order chi connectivity index (χ0) is 22.2. The van der Waals surface area contributed by atoms with Crippen molar-refractivity contribution in [2.24, 2.45) is 11.8 Å². The molecule has 0 N–H and O–H groups in total. The number of aromatic nitrogens is 3. The van der Waals surface area contributed by atoms with Gasteiger partial charge < -0.3 is 14.2 Å². The Labute approximate surface area is 184 Å². The topological polar surface area (TPSA) is 60.3 Å². The number of benzene rings is 2. The first-order valence-corrected chi connectivity index (χ1v) is 10.8. The van der Waals surface area contributed by atoms with Crippen molar-refractivity contribution in [2.45, 2.75) is 25.8 Å². The predicted molar refractivity (Wildman–Crippen MR) is 115 cm³/mol. The minimum absolute atomic E-state index is 0.109. The molecular weight excluding hydrogens is 414 g/mol. The van der Waals surface area contributed by atoms with Gasteiger partial charge in [-0.25, -0.2) is 8.78 Å². The Kier molecular flexibility index (Phi) is 5.36. The van der Waals surface area contributed by atoms with Crippen LogP contribution >= 0.6 is 0 Å². The van der Waals surface area contributed by atoms with Crippen LogP contribution in [0.3, 0.4) is 0 Å². The van der Waals surface area contributed by atoms with Crippen molar-refractivity contribution in [3.05, 3.63) is 54.4 Å². The lowest BCUT2D eigenvalue weighted by molar-refractivity contribution is -0.131. The second-order valence-corrected chi connectivity index (χ2v) is 8.56. The standard InChI is InChI=1S/C24H24F2N4O2/c1-32-22-11-18(5-7-20(22)25)17-4-6-19(21(26)10-17)23-28-27-14-30(23)13-15-8-9-29(12-15)24(31)16-2-3-16/h4-7,10-11,14-16H,2-3,8-9,12-13H2,1H3. The summed E-state index contributed by atoms with van der Waals surface area (Å²) in [5, 5.41) is 8.14. The second kappa shape index (κ2) is 8.33. The number of methoxy groups -OCH3 is 1. The number of carbonyl (C=O) groups excluding carboxylic acids is 1. The molecule has 0 spiro atoms. The quantitative estimate of drug-likeness (QED) is 0.580. The van der Waals surface area contributed by atoms with E-state index >= 15 is 4.39 Å². The first-order chi connectivity index (χ1) is 15.5. The third-order valence-corrected chi connectivity index (χ3v) is 6.29. The fourth-order valence-corrected chi connectivity index (χ4v) is 4.36. The van der Waals surface area contributed by atoms with Gasteiger partial charge in [0.2, 0.25) is 5.91 Å². The van der Waals surface area contributed by atoms with E-state index < -0.39 is 11.6 Å². The molecule has 2 aromatic carbocycles. The van der Waals surface area contributed by atoms with Crippen molar-refractivity contribution < 1.29 is 18.3 Å². The van der Waals surface area contributed by atoms with Crippen LogP contribution in [0.15, 0.2) is 42.7 Å². The van der Waals surface area contributed by atoms with E-state index in [0.717, 1.165) is 32.4 Å². The molecule has 1 aliphatic heterocycles. The average Bonchev–Trinajstić information content (AvgIpc) is 3.38. The summed E-state index contributed by atoms with van der Waals surface area (Å²) < 4.78 is 35.7. The summed E-state index contributed by atoms with van der Waals surface area (Å²) in [6.07, 6.45) is 4.55. The Morgan fingerprint density at radius 1 is 1.09 bits per heavy atom. The lowest BCUT2D eigenvalue weighted by Crippen LogP contribution is -2.30. The van der Waals surface area contributed by atoms with Crippen LogP contribution < -0.4 is 4.74 Å². The van der Waals surface area contributed by atoms with Crippen LogP contribution in [0.4, 0.5) is 8.78 Å². The number of ether oxygens (including phenoxy) is 1. The third kappa shape index (κ3) is 3.97. The third-order valence-electron chi connectivity index (χ3n) is 6.29. The van der Waals surface area contributed by atoms with Gasteiger partial charge in [-0.2, -0.15) is 0 Å². The first kappa shape index (κ1) is 20.6. The fraction of sp³-hybridized carbons (Fsp3) is 0.375. The van der Waals surface area contributed by atoms with Gasteiger partial charge in [-0.15, -0.1) is 10.2 Å². The molecule has 1 aromatic heterocycles. The van der Waals surface area contributed by atoms with E-state index in [4.69, 9.17) is 4.74 Å². The van der Waals surface area contributed by atoms with Crippen molar-refractivity contribution in [2.75, 3.05) is 20.2 Å². The van der Waals surface area contributed by atoms with Gasteiger partial charge in [-0.05, 0) is 60.6 Å². The Balaban J connectivity index is 1.34. The van der Waals surface area contributed by atoms with Crippen molar-refractivity contribution in [3.63, 3.8) is 0 Å². The minimum Gasteiger partial charge on any atom is -0.494 e. The Morgan fingerprint density at radius 2 is 1.88 bits per heavy atom. The lowest BCUT2D eigenvalue weighted by Gasteiger charge is -2.17. The maximum Gasteiger partial charge on any atom is 0.225 e. The molecule has 2 fully saturated rings. The maximum atomic E-state index is 15.1. The van der Waals surface area contributed by atoms with Gasteiger partial charge in [0.05, 0.1) is 12.7 Å². The molecule has 0 bridgehead atoms. The van der Waals surface area contributed by atoms with Gasteiger partial charge in [0.15, 0.2) is 17.4 Å². The number of halogens is 2. The lowest BCUT2D eigenvalue weighted by atomic mass is 10.0. The van der Waals surface area contributed by atoms with E-state index in [0.29, 0.717) is 35.0 Å². The number of nitrogens with zero attached hydrogens (tertiary/aromatic N) is 4. The normalized spacial score (nSPS) is 18.2. The number of hydrogen-bond donors (Lipinski definition) is 0. The number of rotatable bonds is 6. The SMILES string of the molecule is COc1cc(-c2ccc(-c3nncn3CC3CCN(C(=O)C4CC4)C3)c(F)c2)ccc1F. The molecule has 8 heteroatoms. The molecule has 1 atom stereocenters. The molecule has 6 nitrogen and oxygen atoms in total. The van der Waals surface area contributed by atoms with E-state index in [2.05, 4.69) is 10.2 Å². The zero-order valence-electron chi connectivity index (χ0n) is 17.8. The smallest absolute Gasteiger partial charge is 0.225 e. The molecule has 1 saturated heterocycles. The number of carbonyl (C=O) groups is 1. The van der Waals surface area contributed by atoms with E-state index in [9.17, 15) is 9.18 Å². The zero-order valence-corrected chi connectivity index (χ0v) is 17.8. The van der Waals surface area contributed by atoms with E-state index in [1.165, 1.54) is 19.2 Å². The van der Waals surface area contributed by atoms with Crippen LogP contribution in [0.2, 0.25) is 0 Å². The maximum absolute atomic E-state index is 15.1. The summed E-state index contributed by atoms with van der Waals surface area (Å²) in [6, 6.07) is 9.28. The van der Waals surface area contributed by atoms with E-state index in [1.54, 1.807) is 30.6 Å². The van der Waals surface area contributed by atoms with Gasteiger partial charge >= 0.3 is 0 Å². The van der Waals surface area contributed by atoms with Gasteiger partial charge in [0, 0.05) is 25.6 Å². The number of hydrogen-bond acceptors (Lipinski definition) is 4.